The van der Waals surface area contributed by atoms with Crippen LogP contribution >= 0.6 is 0 Å². The fourth-order valence-electron chi connectivity index (χ4n) is 4.32. The van der Waals surface area contributed by atoms with Gasteiger partial charge in [-0.25, -0.2) is 0 Å². The van der Waals surface area contributed by atoms with E-state index in [1.807, 2.05) is 4.90 Å². The molecule has 0 radical (unpaired) electrons. The first-order chi connectivity index (χ1) is 11.8. The van der Waals surface area contributed by atoms with Crippen molar-refractivity contribution in [2.24, 2.45) is 0 Å². The van der Waals surface area contributed by atoms with Crippen molar-refractivity contribution in [1.82, 2.24) is 9.80 Å². The van der Waals surface area contributed by atoms with E-state index in [-0.39, 0.29) is 12.0 Å². The summed E-state index contributed by atoms with van der Waals surface area (Å²) in [5, 5.41) is 0. The van der Waals surface area contributed by atoms with E-state index in [1.165, 1.54) is 19.3 Å². The van der Waals surface area contributed by atoms with E-state index in [4.69, 9.17) is 9.47 Å². The van der Waals surface area contributed by atoms with Crippen LogP contribution in [0, 0.1) is 0 Å². The zero-order valence-electron chi connectivity index (χ0n) is 15.3. The summed E-state index contributed by atoms with van der Waals surface area (Å²) >= 11 is 0. The van der Waals surface area contributed by atoms with Crippen LogP contribution in [0.1, 0.15) is 58.3 Å². The van der Waals surface area contributed by atoms with Gasteiger partial charge in [0.05, 0.1) is 6.10 Å². The van der Waals surface area contributed by atoms with Gasteiger partial charge in [-0.15, -0.1) is 0 Å². The van der Waals surface area contributed by atoms with Crippen LogP contribution in [0.15, 0.2) is 0 Å². The van der Waals surface area contributed by atoms with Crippen LogP contribution in [0.25, 0.3) is 0 Å². The Labute approximate surface area is 146 Å². The molecule has 0 aromatic carbocycles. The molecule has 1 atom stereocenters. The Bertz CT molecular complexity index is 384. The fourth-order valence-corrected chi connectivity index (χ4v) is 4.32. The smallest absolute Gasteiger partial charge is 0.251 e. The molecule has 0 bridgehead atoms. The van der Waals surface area contributed by atoms with Crippen LogP contribution in [0.4, 0.5) is 0 Å². The molecular formula is C19H34N2O3. The van der Waals surface area contributed by atoms with Crippen molar-refractivity contribution < 1.29 is 14.3 Å². The van der Waals surface area contributed by atoms with Gasteiger partial charge in [0.25, 0.3) is 5.91 Å². The Morgan fingerprint density at radius 3 is 2.33 bits per heavy atom. The lowest BCUT2D eigenvalue weighted by atomic mass is 9.97. The number of hydrogen-bond donors (Lipinski definition) is 0. The Hall–Kier alpha value is -0.650. The fraction of sp³-hybridized carbons (Fsp3) is 0.947. The van der Waals surface area contributed by atoms with E-state index in [0.29, 0.717) is 12.1 Å². The summed E-state index contributed by atoms with van der Waals surface area (Å²) in [4.78, 5) is 17.4. The lowest BCUT2D eigenvalue weighted by Gasteiger charge is -2.41. The van der Waals surface area contributed by atoms with Crippen LogP contribution < -0.4 is 0 Å². The summed E-state index contributed by atoms with van der Waals surface area (Å²) in [7, 11) is 0. The van der Waals surface area contributed by atoms with E-state index < -0.39 is 0 Å². The Kier molecular flexibility index (Phi) is 6.93. The largest absolute Gasteiger partial charge is 0.381 e. The van der Waals surface area contributed by atoms with Crippen molar-refractivity contribution in [3.8, 4) is 0 Å². The maximum atomic E-state index is 12.8. The van der Waals surface area contributed by atoms with E-state index in [9.17, 15) is 4.79 Å². The molecule has 138 valence electrons. The van der Waals surface area contributed by atoms with E-state index in [1.54, 1.807) is 0 Å². The lowest BCUT2D eigenvalue weighted by Crippen LogP contribution is -2.55. The van der Waals surface area contributed by atoms with E-state index in [2.05, 4.69) is 11.8 Å². The van der Waals surface area contributed by atoms with Crippen LogP contribution in [0.3, 0.4) is 0 Å². The number of rotatable bonds is 5. The molecular weight excluding hydrogens is 304 g/mol. The molecule has 1 aliphatic carbocycles. The van der Waals surface area contributed by atoms with E-state index >= 15 is 0 Å². The van der Waals surface area contributed by atoms with Gasteiger partial charge in [0.2, 0.25) is 0 Å². The van der Waals surface area contributed by atoms with Crippen LogP contribution in [-0.2, 0) is 14.3 Å². The summed E-state index contributed by atoms with van der Waals surface area (Å²) in [6, 6.07) is 0.650. The van der Waals surface area contributed by atoms with Gasteiger partial charge in [0, 0.05) is 45.4 Å². The van der Waals surface area contributed by atoms with Crippen LogP contribution in [-0.4, -0.2) is 73.3 Å². The Morgan fingerprint density at radius 2 is 1.71 bits per heavy atom. The predicted molar refractivity (Wildman–Crippen MR) is 94.0 cm³/mol. The first-order valence-corrected chi connectivity index (χ1v) is 10.0. The number of ether oxygens (including phenoxy) is 2. The van der Waals surface area contributed by atoms with Crippen molar-refractivity contribution >= 4 is 5.91 Å². The van der Waals surface area contributed by atoms with Crippen molar-refractivity contribution in [3.63, 3.8) is 0 Å². The third-order valence-electron chi connectivity index (χ3n) is 5.89. The molecule has 2 saturated heterocycles. The average Bonchev–Trinajstić information content (AvgIpc) is 2.67. The molecule has 0 aromatic rings. The predicted octanol–water partition coefficient (Wildman–Crippen LogP) is 2.44. The molecule has 24 heavy (non-hydrogen) atoms. The molecule has 1 saturated carbocycles. The summed E-state index contributed by atoms with van der Waals surface area (Å²) in [6.07, 6.45) is 9.20. The second-order valence-electron chi connectivity index (χ2n) is 7.50. The van der Waals surface area contributed by atoms with Gasteiger partial charge in [-0.1, -0.05) is 26.2 Å². The standard InChI is InChI=1S/C19H34N2O3/c1-2-18(24-17-6-4-3-5-7-17)19(22)21-12-10-20(11-13-21)16-8-14-23-15-9-16/h16-18H,2-15H2,1H3. The molecule has 5 nitrogen and oxygen atoms in total. The van der Waals surface area contributed by atoms with Gasteiger partial charge in [-0.2, -0.15) is 0 Å². The molecule has 1 amide bonds. The van der Waals surface area contributed by atoms with Crippen molar-refractivity contribution in [3.05, 3.63) is 0 Å². The molecule has 0 N–H and O–H groups in total. The normalized spacial score (nSPS) is 26.5. The number of carbonyl (C=O) groups is 1. The molecule has 3 rings (SSSR count). The number of hydrogen-bond acceptors (Lipinski definition) is 4. The monoisotopic (exact) mass is 338 g/mol. The average molecular weight is 338 g/mol. The zero-order chi connectivity index (χ0) is 16.8. The summed E-state index contributed by atoms with van der Waals surface area (Å²) < 4.78 is 11.6. The topological polar surface area (TPSA) is 42.0 Å². The van der Waals surface area contributed by atoms with E-state index in [0.717, 1.165) is 71.5 Å². The third kappa shape index (κ3) is 4.70. The maximum Gasteiger partial charge on any atom is 0.251 e. The maximum absolute atomic E-state index is 12.8. The van der Waals surface area contributed by atoms with Gasteiger partial charge in [0.1, 0.15) is 6.10 Å². The van der Waals surface area contributed by atoms with Gasteiger partial charge in [-0.3, -0.25) is 9.69 Å². The van der Waals surface area contributed by atoms with Gasteiger partial charge in [0.15, 0.2) is 0 Å². The highest BCUT2D eigenvalue weighted by atomic mass is 16.5. The second-order valence-corrected chi connectivity index (χ2v) is 7.50. The minimum Gasteiger partial charge on any atom is -0.381 e. The van der Waals surface area contributed by atoms with Gasteiger partial charge < -0.3 is 14.4 Å². The van der Waals surface area contributed by atoms with Crippen LogP contribution in [0.2, 0.25) is 0 Å². The summed E-state index contributed by atoms with van der Waals surface area (Å²) in [5.74, 6) is 0.217. The number of piperazine rings is 1. The first-order valence-electron chi connectivity index (χ1n) is 10.0. The third-order valence-corrected chi connectivity index (χ3v) is 5.89. The minimum atomic E-state index is -0.234. The molecule has 2 heterocycles. The number of carbonyl (C=O) groups excluding carboxylic acids is 1. The number of amides is 1. The van der Waals surface area contributed by atoms with Gasteiger partial charge in [-0.05, 0) is 32.1 Å². The Balaban J connectivity index is 1.45. The van der Waals surface area contributed by atoms with Crippen LogP contribution in [0.5, 0.6) is 0 Å². The zero-order valence-corrected chi connectivity index (χ0v) is 15.3. The molecule has 1 unspecified atom stereocenters. The lowest BCUT2D eigenvalue weighted by molar-refractivity contribution is -0.151. The molecule has 3 fully saturated rings. The number of nitrogens with zero attached hydrogens (tertiary/aromatic N) is 2. The summed E-state index contributed by atoms with van der Waals surface area (Å²) in [6.45, 7) is 7.53. The SMILES string of the molecule is CCC(OC1CCCCC1)C(=O)N1CCN(C2CCOCC2)CC1. The quantitative estimate of drug-likeness (QED) is 0.772. The minimum absolute atomic E-state index is 0.217. The first kappa shape index (κ1) is 18.2. The Morgan fingerprint density at radius 1 is 1.04 bits per heavy atom. The highest BCUT2D eigenvalue weighted by Gasteiger charge is 2.31. The highest BCUT2D eigenvalue weighted by Crippen LogP contribution is 2.23. The summed E-state index contributed by atoms with van der Waals surface area (Å²) in [5.41, 5.74) is 0. The molecule has 2 aliphatic heterocycles. The van der Waals surface area contributed by atoms with Crippen molar-refractivity contribution in [2.75, 3.05) is 39.4 Å². The molecule has 0 aromatic heterocycles. The highest BCUT2D eigenvalue weighted by molar-refractivity contribution is 5.81. The molecule has 0 spiro atoms. The van der Waals surface area contributed by atoms with Gasteiger partial charge >= 0.3 is 0 Å². The van der Waals surface area contributed by atoms with Crippen molar-refractivity contribution in [1.29, 1.82) is 0 Å². The molecule has 3 aliphatic rings. The van der Waals surface area contributed by atoms with Crippen molar-refractivity contribution in [2.45, 2.75) is 76.5 Å². The molecule has 5 heteroatoms. The second kappa shape index (κ2) is 9.16.